The molecule has 1 rings (SSSR count). The molecule has 1 unspecified atom stereocenters. The number of amides is 2. The summed E-state index contributed by atoms with van der Waals surface area (Å²) in [7, 11) is 1.75. The van der Waals surface area contributed by atoms with Crippen LogP contribution in [0.2, 0.25) is 0 Å². The third-order valence-corrected chi connectivity index (χ3v) is 3.81. The maximum absolute atomic E-state index is 12.4. The van der Waals surface area contributed by atoms with E-state index in [1.165, 1.54) is 6.92 Å². The van der Waals surface area contributed by atoms with Crippen molar-refractivity contribution in [2.24, 2.45) is 5.92 Å². The molecule has 1 atom stereocenters. The molecule has 1 aromatic carbocycles. The number of hydrogen-bond donors (Lipinski definition) is 1. The fourth-order valence-electron chi connectivity index (χ4n) is 1.93. The van der Waals surface area contributed by atoms with Gasteiger partial charge in [0.2, 0.25) is 11.8 Å². The van der Waals surface area contributed by atoms with Crippen LogP contribution in [0.5, 0.6) is 0 Å². The predicted molar refractivity (Wildman–Crippen MR) is 83.1 cm³/mol. The standard InChI is InChI=1S/C15H21BrN2O2/c1-10(2)14(17-11(3)19)15(20)18(4)9-12-7-5-6-8-13(12)16/h5-8,10,14H,9H2,1-4H3,(H,17,19). The Hall–Kier alpha value is -1.36. The predicted octanol–water partition coefficient (Wildman–Crippen LogP) is 2.57. The summed E-state index contributed by atoms with van der Waals surface area (Å²) in [6.07, 6.45) is 0. The molecule has 0 aliphatic carbocycles. The Morgan fingerprint density at radius 1 is 1.30 bits per heavy atom. The molecule has 0 spiro atoms. The smallest absolute Gasteiger partial charge is 0.245 e. The average molecular weight is 341 g/mol. The minimum atomic E-state index is -0.486. The van der Waals surface area contributed by atoms with Crippen molar-refractivity contribution in [3.63, 3.8) is 0 Å². The van der Waals surface area contributed by atoms with E-state index in [1.54, 1.807) is 11.9 Å². The Bertz CT molecular complexity index is 489. The number of hydrogen-bond acceptors (Lipinski definition) is 2. The van der Waals surface area contributed by atoms with Gasteiger partial charge in [0.1, 0.15) is 6.04 Å². The van der Waals surface area contributed by atoms with Crippen molar-refractivity contribution < 1.29 is 9.59 Å². The van der Waals surface area contributed by atoms with Crippen LogP contribution >= 0.6 is 15.9 Å². The monoisotopic (exact) mass is 340 g/mol. The van der Waals surface area contributed by atoms with Gasteiger partial charge in [0, 0.05) is 25.0 Å². The van der Waals surface area contributed by atoms with Crippen molar-refractivity contribution in [1.29, 1.82) is 0 Å². The van der Waals surface area contributed by atoms with E-state index in [9.17, 15) is 9.59 Å². The third kappa shape index (κ3) is 4.63. The van der Waals surface area contributed by atoms with Gasteiger partial charge < -0.3 is 10.2 Å². The molecule has 0 fully saturated rings. The largest absolute Gasteiger partial charge is 0.344 e. The van der Waals surface area contributed by atoms with Gasteiger partial charge in [0.25, 0.3) is 0 Å². The van der Waals surface area contributed by atoms with Gasteiger partial charge in [0.15, 0.2) is 0 Å². The molecule has 4 nitrogen and oxygen atoms in total. The highest BCUT2D eigenvalue weighted by molar-refractivity contribution is 9.10. The lowest BCUT2D eigenvalue weighted by Crippen LogP contribution is -2.49. The van der Waals surface area contributed by atoms with Gasteiger partial charge in [-0.15, -0.1) is 0 Å². The summed E-state index contributed by atoms with van der Waals surface area (Å²) in [5.41, 5.74) is 1.04. The molecule has 0 aromatic heterocycles. The number of nitrogens with zero attached hydrogens (tertiary/aromatic N) is 1. The van der Waals surface area contributed by atoms with Crippen LogP contribution in [-0.4, -0.2) is 29.8 Å². The molecule has 0 bridgehead atoms. The van der Waals surface area contributed by atoms with Crippen molar-refractivity contribution in [2.45, 2.75) is 33.4 Å². The van der Waals surface area contributed by atoms with E-state index in [0.29, 0.717) is 6.54 Å². The maximum atomic E-state index is 12.4. The summed E-state index contributed by atoms with van der Waals surface area (Å²) in [6, 6.07) is 7.30. The van der Waals surface area contributed by atoms with E-state index < -0.39 is 6.04 Å². The van der Waals surface area contributed by atoms with Crippen LogP contribution in [0.3, 0.4) is 0 Å². The molecule has 2 amide bonds. The van der Waals surface area contributed by atoms with Crippen LogP contribution in [-0.2, 0) is 16.1 Å². The highest BCUT2D eigenvalue weighted by Crippen LogP contribution is 2.18. The first-order valence-corrected chi connectivity index (χ1v) is 7.37. The van der Waals surface area contributed by atoms with Crippen LogP contribution in [0, 0.1) is 5.92 Å². The van der Waals surface area contributed by atoms with Gasteiger partial charge in [-0.2, -0.15) is 0 Å². The molecule has 0 radical (unpaired) electrons. The van der Waals surface area contributed by atoms with E-state index in [2.05, 4.69) is 21.2 Å². The second kappa shape index (κ2) is 7.43. The highest BCUT2D eigenvalue weighted by atomic mass is 79.9. The van der Waals surface area contributed by atoms with Crippen LogP contribution in [0.1, 0.15) is 26.3 Å². The molecular weight excluding hydrogens is 320 g/mol. The van der Waals surface area contributed by atoms with Crippen molar-refractivity contribution >= 4 is 27.7 Å². The van der Waals surface area contributed by atoms with Gasteiger partial charge >= 0.3 is 0 Å². The summed E-state index contributed by atoms with van der Waals surface area (Å²) in [5, 5.41) is 2.72. The Labute approximate surface area is 128 Å². The van der Waals surface area contributed by atoms with E-state index in [0.717, 1.165) is 10.0 Å². The molecule has 1 aromatic rings. The Morgan fingerprint density at radius 2 is 1.90 bits per heavy atom. The van der Waals surface area contributed by atoms with Crippen molar-refractivity contribution in [3.05, 3.63) is 34.3 Å². The fraction of sp³-hybridized carbons (Fsp3) is 0.467. The van der Waals surface area contributed by atoms with Crippen molar-refractivity contribution in [2.75, 3.05) is 7.05 Å². The molecule has 0 saturated carbocycles. The molecule has 110 valence electrons. The molecule has 5 heteroatoms. The lowest BCUT2D eigenvalue weighted by atomic mass is 10.0. The second-order valence-electron chi connectivity index (χ2n) is 5.21. The molecule has 0 saturated heterocycles. The molecule has 1 N–H and O–H groups in total. The first kappa shape index (κ1) is 16.7. The quantitative estimate of drug-likeness (QED) is 0.895. The normalized spacial score (nSPS) is 12.1. The molecule has 20 heavy (non-hydrogen) atoms. The second-order valence-corrected chi connectivity index (χ2v) is 6.06. The van der Waals surface area contributed by atoms with Crippen molar-refractivity contribution in [1.82, 2.24) is 10.2 Å². The van der Waals surface area contributed by atoms with Gasteiger partial charge in [-0.3, -0.25) is 9.59 Å². The van der Waals surface area contributed by atoms with Crippen LogP contribution in [0.25, 0.3) is 0 Å². The van der Waals surface area contributed by atoms with E-state index >= 15 is 0 Å². The summed E-state index contributed by atoms with van der Waals surface area (Å²) in [4.78, 5) is 25.3. The Balaban J connectivity index is 2.79. The molecule has 0 aliphatic rings. The maximum Gasteiger partial charge on any atom is 0.245 e. The summed E-state index contributed by atoms with van der Waals surface area (Å²) < 4.78 is 0.972. The Kier molecular flexibility index (Phi) is 6.20. The number of halogens is 1. The minimum absolute atomic E-state index is 0.0491. The molecular formula is C15H21BrN2O2. The van der Waals surface area contributed by atoms with Gasteiger partial charge in [0.05, 0.1) is 0 Å². The number of nitrogens with one attached hydrogen (secondary N) is 1. The topological polar surface area (TPSA) is 49.4 Å². The average Bonchev–Trinajstić information content (AvgIpc) is 2.37. The number of rotatable bonds is 5. The summed E-state index contributed by atoms with van der Waals surface area (Å²) in [5.74, 6) is -0.217. The van der Waals surface area contributed by atoms with Gasteiger partial charge in [-0.25, -0.2) is 0 Å². The summed E-state index contributed by atoms with van der Waals surface area (Å²) >= 11 is 3.47. The zero-order valence-electron chi connectivity index (χ0n) is 12.3. The number of carbonyl (C=O) groups excluding carboxylic acids is 2. The number of carbonyl (C=O) groups is 2. The highest BCUT2D eigenvalue weighted by Gasteiger charge is 2.26. The summed E-state index contributed by atoms with van der Waals surface area (Å²) in [6.45, 7) is 5.77. The SMILES string of the molecule is CC(=O)NC(C(=O)N(C)Cc1ccccc1Br)C(C)C. The molecule has 0 aliphatic heterocycles. The Morgan fingerprint density at radius 3 is 2.40 bits per heavy atom. The van der Waals surface area contributed by atoms with Gasteiger partial charge in [-0.05, 0) is 17.5 Å². The van der Waals surface area contributed by atoms with Crippen molar-refractivity contribution in [3.8, 4) is 0 Å². The van der Waals surface area contributed by atoms with E-state index in [4.69, 9.17) is 0 Å². The van der Waals surface area contributed by atoms with E-state index in [-0.39, 0.29) is 17.7 Å². The van der Waals surface area contributed by atoms with Crippen LogP contribution < -0.4 is 5.32 Å². The lowest BCUT2D eigenvalue weighted by Gasteiger charge is -2.27. The minimum Gasteiger partial charge on any atom is -0.344 e. The first-order valence-electron chi connectivity index (χ1n) is 6.58. The third-order valence-electron chi connectivity index (χ3n) is 3.03. The lowest BCUT2D eigenvalue weighted by molar-refractivity contribution is -0.136. The number of benzene rings is 1. The molecule has 0 heterocycles. The first-order chi connectivity index (χ1) is 9.32. The van der Waals surface area contributed by atoms with Crippen LogP contribution in [0.4, 0.5) is 0 Å². The number of likely N-dealkylation sites (N-methyl/N-ethyl adjacent to an activating group) is 1. The van der Waals surface area contributed by atoms with Crippen LogP contribution in [0.15, 0.2) is 28.7 Å². The fourth-order valence-corrected chi connectivity index (χ4v) is 2.34. The van der Waals surface area contributed by atoms with E-state index in [1.807, 2.05) is 38.1 Å². The zero-order valence-corrected chi connectivity index (χ0v) is 13.9. The zero-order chi connectivity index (χ0) is 15.3. The van der Waals surface area contributed by atoms with Gasteiger partial charge in [-0.1, -0.05) is 48.0 Å².